The van der Waals surface area contributed by atoms with Gasteiger partial charge in [0.1, 0.15) is 5.75 Å². The van der Waals surface area contributed by atoms with Crippen LogP contribution in [-0.2, 0) is 0 Å². The number of carbonyl (C=O) groups is 1. The van der Waals surface area contributed by atoms with Crippen LogP contribution in [0.1, 0.15) is 5.56 Å². The Kier molecular flexibility index (Phi) is 3.28. The lowest BCUT2D eigenvalue weighted by Crippen LogP contribution is -2.32. The van der Waals surface area contributed by atoms with Crippen LogP contribution < -0.4 is 14.4 Å². The highest BCUT2D eigenvalue weighted by molar-refractivity contribution is 8.01. The third-order valence-electron chi connectivity index (χ3n) is 3.07. The van der Waals surface area contributed by atoms with E-state index in [0.29, 0.717) is 0 Å². The number of carbonyl (C=O) groups excluding carboxylic acids is 1. The first-order valence-electron chi connectivity index (χ1n) is 6.21. The van der Waals surface area contributed by atoms with Gasteiger partial charge in [-0.25, -0.2) is 9.10 Å². The monoisotopic (exact) mass is 286 g/mol. The Morgan fingerprint density at radius 1 is 1.15 bits per heavy atom. The quantitative estimate of drug-likeness (QED) is 0.846. The Morgan fingerprint density at radius 3 is 2.60 bits per heavy atom. The van der Waals surface area contributed by atoms with Crippen molar-refractivity contribution in [1.82, 2.24) is 0 Å². The van der Waals surface area contributed by atoms with Crippen molar-refractivity contribution < 1.29 is 9.53 Å². The molecule has 1 aliphatic heterocycles. The molecule has 102 valence electrons. The molecule has 2 amide bonds. The molecular formula is C15H14N2O2S. The van der Waals surface area contributed by atoms with Crippen molar-refractivity contribution in [2.75, 3.05) is 16.7 Å². The zero-order valence-corrected chi connectivity index (χ0v) is 12.0. The fourth-order valence-electron chi connectivity index (χ4n) is 1.97. The molecule has 2 aromatic carbocycles. The third kappa shape index (κ3) is 2.32. The summed E-state index contributed by atoms with van der Waals surface area (Å²) in [4.78, 5) is 13.2. The first kappa shape index (κ1) is 12.9. The second kappa shape index (κ2) is 5.09. The number of urea groups is 1. The fraction of sp³-hybridized carbons (Fsp3) is 0.133. The predicted octanol–water partition coefficient (Wildman–Crippen LogP) is 4.06. The van der Waals surface area contributed by atoms with E-state index >= 15 is 0 Å². The van der Waals surface area contributed by atoms with Gasteiger partial charge < -0.3 is 10.1 Å². The molecule has 2 aromatic rings. The molecule has 0 aliphatic carbocycles. The molecule has 20 heavy (non-hydrogen) atoms. The number of fused-ring (bicyclic) bond motifs is 1. The lowest BCUT2D eigenvalue weighted by Gasteiger charge is -2.28. The van der Waals surface area contributed by atoms with E-state index < -0.39 is 0 Å². The van der Waals surface area contributed by atoms with Crippen LogP contribution in [0.3, 0.4) is 0 Å². The van der Waals surface area contributed by atoms with Crippen LogP contribution >= 0.6 is 11.9 Å². The molecule has 0 unspecified atom stereocenters. The van der Waals surface area contributed by atoms with E-state index in [4.69, 9.17) is 4.74 Å². The van der Waals surface area contributed by atoms with Crippen LogP contribution in [0.15, 0.2) is 47.4 Å². The number of benzene rings is 2. The van der Waals surface area contributed by atoms with Crippen LogP contribution in [0.5, 0.6) is 5.75 Å². The van der Waals surface area contributed by atoms with Gasteiger partial charge in [0.25, 0.3) is 0 Å². The minimum absolute atomic E-state index is 0.153. The topological polar surface area (TPSA) is 41.6 Å². The summed E-state index contributed by atoms with van der Waals surface area (Å²) in [6.07, 6.45) is 0. The SMILES string of the molecule is COc1ccc2c(c1)NC(=O)N(c1ccc(C)cc1)S2. The Balaban J connectivity index is 1.93. The van der Waals surface area contributed by atoms with Crippen molar-refractivity contribution in [3.63, 3.8) is 0 Å². The summed E-state index contributed by atoms with van der Waals surface area (Å²) in [7, 11) is 1.61. The number of aryl methyl sites for hydroxylation is 1. The Hall–Kier alpha value is -2.14. The molecule has 0 fully saturated rings. The number of anilines is 2. The summed E-state index contributed by atoms with van der Waals surface area (Å²) in [6, 6.07) is 13.4. The summed E-state index contributed by atoms with van der Waals surface area (Å²) in [5, 5.41) is 2.88. The molecule has 1 aliphatic rings. The highest BCUT2D eigenvalue weighted by Gasteiger charge is 2.25. The fourth-order valence-corrected chi connectivity index (χ4v) is 2.86. The highest BCUT2D eigenvalue weighted by Crippen LogP contribution is 2.39. The Labute approximate surface area is 121 Å². The minimum atomic E-state index is -0.153. The number of methoxy groups -OCH3 is 1. The number of nitrogens with zero attached hydrogens (tertiary/aromatic N) is 1. The van der Waals surface area contributed by atoms with Gasteiger partial charge in [-0.05, 0) is 43.1 Å². The molecule has 4 nitrogen and oxygen atoms in total. The van der Waals surface area contributed by atoms with Gasteiger partial charge in [-0.3, -0.25) is 0 Å². The lowest BCUT2D eigenvalue weighted by molar-refractivity contribution is 0.260. The van der Waals surface area contributed by atoms with Gasteiger partial charge >= 0.3 is 6.03 Å². The average Bonchev–Trinajstić information content (AvgIpc) is 2.47. The van der Waals surface area contributed by atoms with Crippen molar-refractivity contribution in [3.05, 3.63) is 48.0 Å². The lowest BCUT2D eigenvalue weighted by atomic mass is 10.2. The standard InChI is InChI=1S/C15H14N2O2S/c1-10-3-5-11(6-4-10)17-15(18)16-13-9-12(19-2)7-8-14(13)20-17/h3-9H,1-2H3,(H,16,18). The number of hydrogen-bond donors (Lipinski definition) is 1. The van der Waals surface area contributed by atoms with Crippen LogP contribution in [0, 0.1) is 6.92 Å². The maximum absolute atomic E-state index is 12.2. The van der Waals surface area contributed by atoms with E-state index in [9.17, 15) is 4.79 Å². The van der Waals surface area contributed by atoms with Gasteiger partial charge in [0, 0.05) is 6.07 Å². The first-order chi connectivity index (χ1) is 9.67. The normalized spacial score (nSPS) is 13.7. The summed E-state index contributed by atoms with van der Waals surface area (Å²) >= 11 is 1.41. The van der Waals surface area contributed by atoms with E-state index in [1.807, 2.05) is 49.4 Å². The summed E-state index contributed by atoms with van der Waals surface area (Å²) < 4.78 is 6.81. The summed E-state index contributed by atoms with van der Waals surface area (Å²) in [5.74, 6) is 0.730. The molecule has 3 rings (SSSR count). The smallest absolute Gasteiger partial charge is 0.336 e. The van der Waals surface area contributed by atoms with Gasteiger partial charge in [0.2, 0.25) is 0 Å². The molecule has 1 heterocycles. The molecule has 0 spiro atoms. The van der Waals surface area contributed by atoms with Gasteiger partial charge in [-0.1, -0.05) is 17.7 Å². The number of nitrogens with one attached hydrogen (secondary N) is 1. The Morgan fingerprint density at radius 2 is 1.90 bits per heavy atom. The molecule has 5 heteroatoms. The zero-order valence-electron chi connectivity index (χ0n) is 11.2. The maximum Gasteiger partial charge on any atom is 0.336 e. The first-order valence-corrected chi connectivity index (χ1v) is 6.98. The van der Waals surface area contributed by atoms with E-state index in [-0.39, 0.29) is 6.03 Å². The van der Waals surface area contributed by atoms with E-state index in [1.165, 1.54) is 17.5 Å². The second-order valence-corrected chi connectivity index (χ2v) is 5.50. The van der Waals surface area contributed by atoms with Crippen LogP contribution in [0.2, 0.25) is 0 Å². The highest BCUT2D eigenvalue weighted by atomic mass is 32.2. The number of amides is 2. The van der Waals surface area contributed by atoms with Gasteiger partial charge in [0.15, 0.2) is 0 Å². The Bertz CT molecular complexity index is 655. The molecule has 0 bridgehead atoms. The van der Waals surface area contributed by atoms with Crippen molar-refractivity contribution in [2.24, 2.45) is 0 Å². The van der Waals surface area contributed by atoms with Crippen LogP contribution in [-0.4, -0.2) is 13.1 Å². The van der Waals surface area contributed by atoms with Crippen LogP contribution in [0.25, 0.3) is 0 Å². The predicted molar refractivity (Wildman–Crippen MR) is 81.5 cm³/mol. The third-order valence-corrected chi connectivity index (χ3v) is 4.18. The molecule has 1 N–H and O–H groups in total. The van der Waals surface area contributed by atoms with E-state index in [1.54, 1.807) is 11.4 Å². The van der Waals surface area contributed by atoms with Crippen molar-refractivity contribution in [1.29, 1.82) is 0 Å². The average molecular weight is 286 g/mol. The number of hydrogen-bond acceptors (Lipinski definition) is 3. The van der Waals surface area contributed by atoms with Crippen LogP contribution in [0.4, 0.5) is 16.2 Å². The second-order valence-electron chi connectivity index (χ2n) is 4.51. The molecular weight excluding hydrogens is 272 g/mol. The van der Waals surface area contributed by atoms with E-state index in [0.717, 1.165) is 22.0 Å². The summed E-state index contributed by atoms with van der Waals surface area (Å²) in [5.41, 5.74) is 2.81. The maximum atomic E-state index is 12.2. The number of ether oxygens (including phenoxy) is 1. The van der Waals surface area contributed by atoms with Crippen molar-refractivity contribution in [2.45, 2.75) is 11.8 Å². The largest absolute Gasteiger partial charge is 0.497 e. The van der Waals surface area contributed by atoms with E-state index in [2.05, 4.69) is 5.32 Å². The van der Waals surface area contributed by atoms with Crippen molar-refractivity contribution >= 4 is 29.4 Å². The van der Waals surface area contributed by atoms with Crippen molar-refractivity contribution in [3.8, 4) is 5.75 Å². The molecule has 0 saturated carbocycles. The molecule has 0 saturated heterocycles. The molecule has 0 radical (unpaired) electrons. The molecule has 0 aromatic heterocycles. The summed E-state index contributed by atoms with van der Waals surface area (Å²) in [6.45, 7) is 2.02. The zero-order chi connectivity index (χ0) is 14.1. The van der Waals surface area contributed by atoms with Gasteiger partial charge in [-0.15, -0.1) is 0 Å². The van der Waals surface area contributed by atoms with Gasteiger partial charge in [-0.2, -0.15) is 0 Å². The minimum Gasteiger partial charge on any atom is -0.497 e. The van der Waals surface area contributed by atoms with Gasteiger partial charge in [0.05, 0.1) is 23.4 Å². The molecule has 0 atom stereocenters. The number of rotatable bonds is 2.